The van der Waals surface area contributed by atoms with E-state index in [9.17, 15) is 0 Å². The predicted molar refractivity (Wildman–Crippen MR) is 141 cm³/mol. The van der Waals surface area contributed by atoms with Gasteiger partial charge in [0.2, 0.25) is 0 Å². The summed E-state index contributed by atoms with van der Waals surface area (Å²) in [6.07, 6.45) is 4.54. The van der Waals surface area contributed by atoms with Crippen molar-refractivity contribution in [3.63, 3.8) is 0 Å². The molecule has 0 saturated carbocycles. The van der Waals surface area contributed by atoms with Crippen molar-refractivity contribution in [2.45, 2.75) is 102 Å². The van der Waals surface area contributed by atoms with E-state index in [1.807, 2.05) is 0 Å². The molecule has 0 bridgehead atoms. The van der Waals surface area contributed by atoms with Crippen molar-refractivity contribution < 1.29 is 35.4 Å². The Hall–Kier alpha value is 0.548. The molecule has 200 valence electrons. The van der Waals surface area contributed by atoms with Crippen LogP contribution in [-0.2, 0) is 35.4 Å². The van der Waals surface area contributed by atoms with Gasteiger partial charge in [0.1, 0.15) is 12.2 Å². The van der Waals surface area contributed by atoms with E-state index in [4.69, 9.17) is 35.4 Å². The Balaban J connectivity index is 1.67. The summed E-state index contributed by atoms with van der Waals surface area (Å²) < 4.78 is 50.3. The normalized spacial score (nSPS) is 40.1. The van der Waals surface area contributed by atoms with Crippen molar-refractivity contribution in [2.75, 3.05) is 39.6 Å². The zero-order valence-electron chi connectivity index (χ0n) is 22.3. The Labute approximate surface area is 211 Å². The van der Waals surface area contributed by atoms with Crippen LogP contribution in [-0.4, -0.2) is 86.1 Å². The van der Waals surface area contributed by atoms with Crippen LogP contribution < -0.4 is 0 Å². The van der Waals surface area contributed by atoms with Gasteiger partial charge in [0.15, 0.2) is 0 Å². The summed E-state index contributed by atoms with van der Waals surface area (Å²) in [4.78, 5) is 0. The van der Waals surface area contributed by atoms with Crippen LogP contribution >= 0.6 is 0 Å². The van der Waals surface area contributed by atoms with Crippen molar-refractivity contribution in [1.29, 1.82) is 0 Å². The number of hydrogen-bond acceptors (Lipinski definition) is 8. The van der Waals surface area contributed by atoms with Gasteiger partial charge in [-0.1, -0.05) is 26.7 Å². The fourth-order valence-electron chi connectivity index (χ4n) is 4.98. The average molecular weight is 553 g/mol. The SMILES string of the molecule is CCC[Si]1(C)O[Si](C)(CCC)O[Si](C)(CCCOCC2CO2)O[Si](C)(CCCOCC2CO2)O1. The van der Waals surface area contributed by atoms with Crippen LogP contribution in [0.2, 0.25) is 50.4 Å². The van der Waals surface area contributed by atoms with Crippen LogP contribution in [0, 0.1) is 0 Å². The minimum atomic E-state index is -2.53. The van der Waals surface area contributed by atoms with Crippen LogP contribution in [0.3, 0.4) is 0 Å². The van der Waals surface area contributed by atoms with E-state index in [1.54, 1.807) is 0 Å². The van der Waals surface area contributed by atoms with Gasteiger partial charge in [0, 0.05) is 13.2 Å². The van der Waals surface area contributed by atoms with E-state index < -0.39 is 34.2 Å². The topological polar surface area (TPSA) is 80.4 Å². The molecular formula is C22H48O8Si4. The van der Waals surface area contributed by atoms with Crippen molar-refractivity contribution in [2.24, 2.45) is 0 Å². The van der Waals surface area contributed by atoms with E-state index in [0.29, 0.717) is 38.6 Å². The number of ether oxygens (including phenoxy) is 4. The highest BCUT2D eigenvalue weighted by atomic mass is 28.5. The Morgan fingerprint density at radius 1 is 0.588 bits per heavy atom. The number of epoxide rings is 2. The van der Waals surface area contributed by atoms with E-state index in [2.05, 4.69) is 40.0 Å². The first-order valence-corrected chi connectivity index (χ1v) is 23.4. The molecule has 0 aromatic heterocycles. The van der Waals surface area contributed by atoms with Gasteiger partial charge in [-0.15, -0.1) is 0 Å². The molecule has 3 fully saturated rings. The summed E-state index contributed by atoms with van der Waals surface area (Å²) in [6.45, 7) is 17.8. The third-order valence-electron chi connectivity index (χ3n) is 6.39. The molecule has 3 rings (SSSR count). The molecule has 6 atom stereocenters. The molecule has 3 aliphatic rings. The van der Waals surface area contributed by atoms with Gasteiger partial charge in [0.25, 0.3) is 0 Å². The molecule has 0 aliphatic carbocycles. The summed E-state index contributed by atoms with van der Waals surface area (Å²) >= 11 is 0. The minimum absolute atomic E-state index is 0.300. The van der Waals surface area contributed by atoms with Crippen LogP contribution in [0.4, 0.5) is 0 Å². The van der Waals surface area contributed by atoms with Gasteiger partial charge in [-0.05, 0) is 63.2 Å². The second-order valence-corrected chi connectivity index (χ2v) is 25.0. The summed E-state index contributed by atoms with van der Waals surface area (Å²) in [5.41, 5.74) is 0. The maximum absolute atomic E-state index is 7.09. The highest BCUT2D eigenvalue weighted by Gasteiger charge is 2.56. The average Bonchev–Trinajstić information content (AvgIpc) is 3.61. The first-order valence-electron chi connectivity index (χ1n) is 13.3. The summed E-state index contributed by atoms with van der Waals surface area (Å²) in [5.74, 6) is 0. The highest BCUT2D eigenvalue weighted by Crippen LogP contribution is 2.38. The largest absolute Gasteiger partial charge is 0.416 e. The standard InChI is InChI=1S/C22H48O8Si4/c1-7-13-31(3)27-32(4,14-8-2)29-34(6,16-10-12-24-18-22-20-26-22)30-33(5,28-31)15-9-11-23-17-21-19-25-21/h21-22H,7-20H2,1-6H3. The number of hydrogen-bond donors (Lipinski definition) is 0. The van der Waals surface area contributed by atoms with E-state index in [0.717, 1.165) is 63.1 Å². The first-order chi connectivity index (χ1) is 16.1. The Kier molecular flexibility index (Phi) is 11.0. The van der Waals surface area contributed by atoms with Gasteiger partial charge in [0.05, 0.1) is 26.4 Å². The molecule has 0 aromatic carbocycles. The lowest BCUT2D eigenvalue weighted by molar-refractivity contribution is 0.113. The molecule has 8 nitrogen and oxygen atoms in total. The van der Waals surface area contributed by atoms with Crippen molar-refractivity contribution in [1.82, 2.24) is 0 Å². The lowest BCUT2D eigenvalue weighted by Crippen LogP contribution is -2.67. The van der Waals surface area contributed by atoms with Gasteiger partial charge in [-0.25, -0.2) is 0 Å². The maximum Gasteiger partial charge on any atom is 0.317 e. The smallest absolute Gasteiger partial charge is 0.317 e. The first kappa shape index (κ1) is 29.1. The van der Waals surface area contributed by atoms with Crippen LogP contribution in [0.25, 0.3) is 0 Å². The molecule has 0 radical (unpaired) electrons. The van der Waals surface area contributed by atoms with Gasteiger partial charge >= 0.3 is 34.2 Å². The van der Waals surface area contributed by atoms with Gasteiger partial charge < -0.3 is 35.4 Å². The van der Waals surface area contributed by atoms with E-state index in [1.165, 1.54) is 0 Å². The fourth-order valence-corrected chi connectivity index (χ4v) is 28.4. The molecule has 0 spiro atoms. The monoisotopic (exact) mass is 552 g/mol. The Morgan fingerprint density at radius 2 is 0.912 bits per heavy atom. The molecule has 3 heterocycles. The van der Waals surface area contributed by atoms with Crippen molar-refractivity contribution >= 4 is 34.2 Å². The summed E-state index contributed by atoms with van der Waals surface area (Å²) in [5, 5.41) is 0. The van der Waals surface area contributed by atoms with E-state index >= 15 is 0 Å². The Morgan fingerprint density at radius 3 is 1.21 bits per heavy atom. The summed E-state index contributed by atoms with van der Waals surface area (Å²) in [6, 6.07) is 3.72. The third-order valence-corrected chi connectivity index (χ3v) is 25.5. The molecule has 34 heavy (non-hydrogen) atoms. The molecule has 0 aromatic rings. The predicted octanol–water partition coefficient (Wildman–Crippen LogP) is 4.79. The number of rotatable bonds is 16. The molecule has 3 aliphatic heterocycles. The lowest BCUT2D eigenvalue weighted by atomic mass is 10.5. The second-order valence-electron chi connectivity index (χ2n) is 10.7. The van der Waals surface area contributed by atoms with Gasteiger partial charge in [-0.2, -0.15) is 0 Å². The quantitative estimate of drug-likeness (QED) is 0.154. The van der Waals surface area contributed by atoms with Crippen LogP contribution in [0.1, 0.15) is 39.5 Å². The highest BCUT2D eigenvalue weighted by molar-refractivity contribution is 6.93. The lowest BCUT2D eigenvalue weighted by Gasteiger charge is -2.50. The van der Waals surface area contributed by atoms with Crippen LogP contribution in [0.5, 0.6) is 0 Å². The zero-order valence-corrected chi connectivity index (χ0v) is 26.3. The zero-order chi connectivity index (χ0) is 24.7. The molecule has 0 amide bonds. The van der Waals surface area contributed by atoms with E-state index in [-0.39, 0.29) is 0 Å². The minimum Gasteiger partial charge on any atom is -0.416 e. The maximum atomic E-state index is 7.09. The van der Waals surface area contributed by atoms with Gasteiger partial charge in [-0.3, -0.25) is 0 Å². The fraction of sp³-hybridized carbons (Fsp3) is 1.00. The second kappa shape index (κ2) is 12.9. The summed E-state index contributed by atoms with van der Waals surface area (Å²) in [7, 11) is -9.89. The molecule has 3 saturated heterocycles. The molecular weight excluding hydrogens is 505 g/mol. The van der Waals surface area contributed by atoms with Crippen molar-refractivity contribution in [3.8, 4) is 0 Å². The molecule has 6 unspecified atom stereocenters. The van der Waals surface area contributed by atoms with Crippen molar-refractivity contribution in [3.05, 3.63) is 0 Å². The third kappa shape index (κ3) is 10.1. The molecule has 0 N–H and O–H groups in total. The van der Waals surface area contributed by atoms with Crippen LogP contribution in [0.15, 0.2) is 0 Å². The Bertz CT molecular complexity index is 578. The molecule has 12 heteroatoms.